The average molecular weight is 373 g/mol. The van der Waals surface area contributed by atoms with Gasteiger partial charge in [0.25, 0.3) is 0 Å². The first kappa shape index (κ1) is 19.8. The molecule has 1 atom stereocenters. The lowest BCUT2D eigenvalue weighted by Gasteiger charge is -2.30. The van der Waals surface area contributed by atoms with E-state index in [4.69, 9.17) is 4.74 Å². The number of nitrogens with one attached hydrogen (secondary N) is 1. The molecule has 148 valence electrons. The smallest absolute Gasteiger partial charge is 0.309 e. The van der Waals surface area contributed by atoms with Gasteiger partial charge in [0.15, 0.2) is 0 Å². The van der Waals surface area contributed by atoms with Gasteiger partial charge in [-0.2, -0.15) is 0 Å². The van der Waals surface area contributed by atoms with Gasteiger partial charge < -0.3 is 10.1 Å². The van der Waals surface area contributed by atoms with E-state index in [0.29, 0.717) is 13.2 Å². The Bertz CT molecular complexity index is 614. The van der Waals surface area contributed by atoms with Gasteiger partial charge in [-0.1, -0.05) is 30.3 Å². The fraction of sp³-hybridized carbons (Fsp3) is 0.619. The minimum Gasteiger partial charge on any atom is -0.466 e. The van der Waals surface area contributed by atoms with E-state index < -0.39 is 0 Å². The summed E-state index contributed by atoms with van der Waals surface area (Å²) in [5.41, 5.74) is 1.31. The van der Waals surface area contributed by atoms with Crippen LogP contribution >= 0.6 is 0 Å². The molecule has 0 bridgehead atoms. The summed E-state index contributed by atoms with van der Waals surface area (Å²) in [7, 11) is 0. The number of carbonyl (C=O) groups is 2. The maximum absolute atomic E-state index is 12.4. The van der Waals surface area contributed by atoms with E-state index in [1.807, 2.05) is 13.0 Å². The van der Waals surface area contributed by atoms with Crippen molar-refractivity contribution in [2.24, 2.45) is 5.92 Å². The molecule has 6 heteroatoms. The number of ether oxygens (including phenoxy) is 1. The number of carbonyl (C=O) groups excluding carboxylic acids is 2. The minimum absolute atomic E-state index is 0.00867. The molecule has 2 saturated heterocycles. The summed E-state index contributed by atoms with van der Waals surface area (Å²) in [5.74, 6) is -0.00662. The summed E-state index contributed by atoms with van der Waals surface area (Å²) in [5, 5.41) is 3.18. The van der Waals surface area contributed by atoms with Crippen molar-refractivity contribution < 1.29 is 14.3 Å². The van der Waals surface area contributed by atoms with Gasteiger partial charge in [-0.15, -0.1) is 0 Å². The summed E-state index contributed by atoms with van der Waals surface area (Å²) in [6.07, 6.45) is 2.56. The Hall–Kier alpha value is -1.92. The predicted octanol–water partition coefficient (Wildman–Crippen LogP) is 1.65. The number of likely N-dealkylation sites (tertiary alicyclic amines) is 2. The molecule has 3 rings (SSSR count). The number of nitrogens with zero attached hydrogens (tertiary/aromatic N) is 2. The van der Waals surface area contributed by atoms with Crippen LogP contribution in [0.25, 0.3) is 0 Å². The Labute approximate surface area is 161 Å². The first-order valence-electron chi connectivity index (χ1n) is 10.1. The number of piperidine rings is 1. The number of rotatable bonds is 7. The van der Waals surface area contributed by atoms with E-state index in [1.54, 1.807) is 0 Å². The van der Waals surface area contributed by atoms with Crippen LogP contribution in [0.3, 0.4) is 0 Å². The van der Waals surface area contributed by atoms with Gasteiger partial charge in [-0.3, -0.25) is 19.4 Å². The van der Waals surface area contributed by atoms with Crippen molar-refractivity contribution in [1.82, 2.24) is 15.1 Å². The Kier molecular flexibility index (Phi) is 7.24. The number of hydrogen-bond acceptors (Lipinski definition) is 5. The molecular weight excluding hydrogens is 342 g/mol. The molecular formula is C21H31N3O3. The van der Waals surface area contributed by atoms with Gasteiger partial charge in [0, 0.05) is 25.7 Å². The van der Waals surface area contributed by atoms with Crippen LogP contribution in [0, 0.1) is 5.92 Å². The monoisotopic (exact) mass is 373 g/mol. The minimum atomic E-state index is -0.0916. The quantitative estimate of drug-likeness (QED) is 0.737. The molecule has 0 spiro atoms. The summed E-state index contributed by atoms with van der Waals surface area (Å²) in [6.45, 7) is 7.12. The van der Waals surface area contributed by atoms with Crippen LogP contribution in [0.1, 0.15) is 31.7 Å². The van der Waals surface area contributed by atoms with E-state index in [9.17, 15) is 9.59 Å². The molecule has 0 radical (unpaired) electrons. The molecule has 0 saturated carbocycles. The third-order valence-electron chi connectivity index (χ3n) is 5.46. The molecule has 2 aliphatic rings. The van der Waals surface area contributed by atoms with Crippen LogP contribution < -0.4 is 5.32 Å². The Morgan fingerprint density at radius 2 is 1.78 bits per heavy atom. The normalized spacial score (nSPS) is 21.9. The molecule has 1 aromatic carbocycles. The van der Waals surface area contributed by atoms with Crippen molar-refractivity contribution >= 4 is 11.9 Å². The van der Waals surface area contributed by atoms with Gasteiger partial charge in [0.1, 0.15) is 0 Å². The van der Waals surface area contributed by atoms with Crippen molar-refractivity contribution in [2.75, 3.05) is 39.3 Å². The molecule has 27 heavy (non-hydrogen) atoms. The van der Waals surface area contributed by atoms with E-state index in [1.165, 1.54) is 5.56 Å². The summed E-state index contributed by atoms with van der Waals surface area (Å²) < 4.78 is 5.10. The van der Waals surface area contributed by atoms with Gasteiger partial charge in [0.05, 0.1) is 19.1 Å². The molecule has 2 fully saturated rings. The average Bonchev–Trinajstić information content (AvgIpc) is 3.10. The number of amides is 1. The predicted molar refractivity (Wildman–Crippen MR) is 104 cm³/mol. The Balaban J connectivity index is 1.35. The second-order valence-corrected chi connectivity index (χ2v) is 7.58. The zero-order chi connectivity index (χ0) is 19.1. The molecule has 0 aliphatic carbocycles. The highest BCUT2D eigenvalue weighted by Gasteiger charge is 2.28. The molecule has 1 N–H and O–H groups in total. The van der Waals surface area contributed by atoms with E-state index in [-0.39, 0.29) is 23.8 Å². The lowest BCUT2D eigenvalue weighted by Crippen LogP contribution is -2.46. The molecule has 0 unspecified atom stereocenters. The van der Waals surface area contributed by atoms with Crippen LogP contribution in [-0.4, -0.2) is 67.0 Å². The lowest BCUT2D eigenvalue weighted by molar-refractivity contribution is -0.149. The Morgan fingerprint density at radius 3 is 2.48 bits per heavy atom. The second-order valence-electron chi connectivity index (χ2n) is 7.58. The van der Waals surface area contributed by atoms with Gasteiger partial charge in [-0.25, -0.2) is 0 Å². The largest absolute Gasteiger partial charge is 0.466 e. The topological polar surface area (TPSA) is 61.9 Å². The maximum Gasteiger partial charge on any atom is 0.309 e. The third kappa shape index (κ3) is 6.04. The fourth-order valence-electron chi connectivity index (χ4n) is 4.00. The van der Waals surface area contributed by atoms with Crippen LogP contribution in [0.15, 0.2) is 30.3 Å². The first-order chi connectivity index (χ1) is 13.1. The fourth-order valence-corrected chi connectivity index (χ4v) is 4.00. The van der Waals surface area contributed by atoms with Crippen LogP contribution in [0.2, 0.25) is 0 Å². The summed E-state index contributed by atoms with van der Waals surface area (Å²) >= 11 is 0. The summed E-state index contributed by atoms with van der Waals surface area (Å²) in [6, 6.07) is 10.7. The number of benzene rings is 1. The van der Waals surface area contributed by atoms with Crippen molar-refractivity contribution in [3.63, 3.8) is 0 Å². The van der Waals surface area contributed by atoms with Crippen molar-refractivity contribution in [3.8, 4) is 0 Å². The standard InChI is InChI=1S/C21H31N3O3/c1-2-27-21(26)18-8-11-23(12-9-18)16-20(25)22-19-10-13-24(15-19)14-17-6-4-3-5-7-17/h3-7,18-19H,2,8-16H2,1H3,(H,22,25)/t19-/m0/s1. The van der Waals surface area contributed by atoms with Crippen molar-refractivity contribution in [1.29, 1.82) is 0 Å². The van der Waals surface area contributed by atoms with Gasteiger partial charge >= 0.3 is 5.97 Å². The molecule has 2 aliphatic heterocycles. The number of esters is 1. The highest BCUT2D eigenvalue weighted by Crippen LogP contribution is 2.18. The molecule has 1 aromatic rings. The molecule has 1 amide bonds. The molecule has 0 aromatic heterocycles. The van der Waals surface area contributed by atoms with Gasteiger partial charge in [0.2, 0.25) is 5.91 Å². The van der Waals surface area contributed by atoms with E-state index in [2.05, 4.69) is 39.4 Å². The van der Waals surface area contributed by atoms with Crippen molar-refractivity contribution in [3.05, 3.63) is 35.9 Å². The summed E-state index contributed by atoms with van der Waals surface area (Å²) in [4.78, 5) is 28.7. The van der Waals surface area contributed by atoms with Crippen LogP contribution in [-0.2, 0) is 20.9 Å². The Morgan fingerprint density at radius 1 is 1.07 bits per heavy atom. The SMILES string of the molecule is CCOC(=O)C1CCN(CC(=O)N[C@H]2CCN(Cc3ccccc3)C2)CC1. The zero-order valence-electron chi connectivity index (χ0n) is 16.2. The second kappa shape index (κ2) is 9.85. The molecule has 6 nitrogen and oxygen atoms in total. The number of hydrogen-bond donors (Lipinski definition) is 1. The maximum atomic E-state index is 12.4. The van der Waals surface area contributed by atoms with Gasteiger partial charge in [-0.05, 0) is 44.8 Å². The zero-order valence-corrected chi connectivity index (χ0v) is 16.2. The highest BCUT2D eigenvalue weighted by molar-refractivity contribution is 5.78. The van der Waals surface area contributed by atoms with Crippen LogP contribution in [0.5, 0.6) is 0 Å². The van der Waals surface area contributed by atoms with Crippen molar-refractivity contribution in [2.45, 2.75) is 38.8 Å². The third-order valence-corrected chi connectivity index (χ3v) is 5.46. The van der Waals surface area contributed by atoms with E-state index in [0.717, 1.165) is 52.0 Å². The first-order valence-corrected chi connectivity index (χ1v) is 10.1. The van der Waals surface area contributed by atoms with Crippen LogP contribution in [0.4, 0.5) is 0 Å². The van der Waals surface area contributed by atoms with E-state index >= 15 is 0 Å². The highest BCUT2D eigenvalue weighted by atomic mass is 16.5. The lowest BCUT2D eigenvalue weighted by atomic mass is 9.97. The molecule has 2 heterocycles.